The first-order chi connectivity index (χ1) is 22.6. The van der Waals surface area contributed by atoms with Gasteiger partial charge in [0, 0.05) is 65.4 Å². The summed E-state index contributed by atoms with van der Waals surface area (Å²) in [6.07, 6.45) is 7.40. The predicted octanol–water partition coefficient (Wildman–Crippen LogP) is 2.31. The molecule has 3 aromatic heterocycles. The van der Waals surface area contributed by atoms with Gasteiger partial charge in [-0.05, 0) is 29.2 Å². The summed E-state index contributed by atoms with van der Waals surface area (Å²) < 4.78 is 0. The van der Waals surface area contributed by atoms with Gasteiger partial charge in [0.25, 0.3) is 0 Å². The van der Waals surface area contributed by atoms with Crippen LogP contribution in [0.5, 0.6) is 0 Å². The number of aromatic nitrogens is 4. The summed E-state index contributed by atoms with van der Waals surface area (Å²) in [5.41, 5.74) is 10.0. The lowest BCUT2D eigenvalue weighted by atomic mass is 9.96. The molecule has 0 radical (unpaired) electrons. The van der Waals surface area contributed by atoms with Gasteiger partial charge in [-0.25, -0.2) is 9.78 Å². The second kappa shape index (κ2) is 14.8. The lowest BCUT2D eigenvalue weighted by Gasteiger charge is -2.28. The number of carbonyl (C=O) groups excluding carboxylic acids is 3. The number of rotatable bonds is 15. The summed E-state index contributed by atoms with van der Waals surface area (Å²) in [5.74, 6) is -3.28. The maximum Gasteiger partial charge on any atom is 0.326 e. The van der Waals surface area contributed by atoms with Crippen molar-refractivity contribution >= 4 is 45.5 Å². The molecule has 3 heterocycles. The van der Waals surface area contributed by atoms with Gasteiger partial charge in [-0.3, -0.25) is 14.4 Å². The molecular formula is C34H40N8O5. The Hall–Kier alpha value is -5.43. The van der Waals surface area contributed by atoms with Crippen LogP contribution in [0.4, 0.5) is 0 Å². The van der Waals surface area contributed by atoms with E-state index >= 15 is 0 Å². The van der Waals surface area contributed by atoms with E-state index in [9.17, 15) is 24.3 Å². The number of H-pyrrole nitrogens is 3. The van der Waals surface area contributed by atoms with Crippen molar-refractivity contribution in [1.82, 2.24) is 35.9 Å². The van der Waals surface area contributed by atoms with E-state index < -0.39 is 47.9 Å². The average molecular weight is 641 g/mol. The summed E-state index contributed by atoms with van der Waals surface area (Å²) in [5, 5.41) is 20.1. The molecule has 47 heavy (non-hydrogen) atoms. The third kappa shape index (κ3) is 7.87. The summed E-state index contributed by atoms with van der Waals surface area (Å²) in [6, 6.07) is 10.7. The third-order valence-electron chi connectivity index (χ3n) is 8.57. The van der Waals surface area contributed by atoms with E-state index in [-0.39, 0.29) is 25.2 Å². The molecule has 0 aliphatic carbocycles. The number of para-hydroxylation sites is 2. The van der Waals surface area contributed by atoms with Gasteiger partial charge in [0.05, 0.1) is 12.4 Å². The van der Waals surface area contributed by atoms with Crippen LogP contribution in [0.1, 0.15) is 37.1 Å². The van der Waals surface area contributed by atoms with Crippen molar-refractivity contribution in [2.45, 2.75) is 63.7 Å². The van der Waals surface area contributed by atoms with Crippen molar-refractivity contribution in [3.05, 3.63) is 90.3 Å². The van der Waals surface area contributed by atoms with Crippen LogP contribution in [0.3, 0.4) is 0 Å². The zero-order chi connectivity index (χ0) is 33.5. The zero-order valence-corrected chi connectivity index (χ0v) is 26.2. The van der Waals surface area contributed by atoms with E-state index in [0.29, 0.717) is 12.1 Å². The lowest BCUT2D eigenvalue weighted by Crippen LogP contribution is -2.59. The number of nitrogens with zero attached hydrogens (tertiary/aromatic N) is 1. The molecule has 0 aliphatic heterocycles. The highest BCUT2D eigenvalue weighted by atomic mass is 16.4. The molecule has 0 saturated heterocycles. The number of hydrogen-bond donors (Lipinski definition) is 8. The predicted molar refractivity (Wildman–Crippen MR) is 177 cm³/mol. The Morgan fingerprint density at radius 3 is 1.91 bits per heavy atom. The molecule has 2 aromatic carbocycles. The highest BCUT2D eigenvalue weighted by molar-refractivity contribution is 5.95. The minimum atomic E-state index is -1.27. The molecule has 5 aromatic rings. The molecule has 5 rings (SSSR count). The monoisotopic (exact) mass is 640 g/mol. The van der Waals surface area contributed by atoms with Crippen LogP contribution in [0.2, 0.25) is 0 Å². The topological polar surface area (TPSA) is 211 Å². The minimum Gasteiger partial charge on any atom is -0.480 e. The molecule has 3 amide bonds. The Kier molecular flexibility index (Phi) is 10.4. The number of aromatic amines is 3. The van der Waals surface area contributed by atoms with Gasteiger partial charge in [-0.1, -0.05) is 56.7 Å². The Balaban J connectivity index is 1.37. The Labute approximate surface area is 271 Å². The van der Waals surface area contributed by atoms with Crippen molar-refractivity contribution in [2.24, 2.45) is 11.7 Å². The highest BCUT2D eigenvalue weighted by Gasteiger charge is 2.33. The molecule has 0 spiro atoms. The number of benzene rings is 2. The standard InChI is InChI=1S/C34H40N8O5/c1-3-19(2)30(42-31(43)25(35)14-22-17-36-18-39-22)33(45)40-28(12-20-15-37-26-10-6-4-8-23(20)26)32(44)41-29(34(46)47)13-21-16-38-27-11-7-5-9-24(21)27/h4-11,15-19,25,28-30,37-38H,3,12-14,35H2,1-2H3,(H,36,39)(H,40,45)(H,41,44)(H,42,43)(H,46,47). The number of carboxylic acids is 1. The zero-order valence-electron chi connectivity index (χ0n) is 26.2. The lowest BCUT2D eigenvalue weighted by molar-refractivity contribution is -0.142. The highest BCUT2D eigenvalue weighted by Crippen LogP contribution is 2.21. The number of aliphatic carboxylic acids is 1. The van der Waals surface area contributed by atoms with E-state index in [0.717, 1.165) is 32.9 Å². The second-order valence-corrected chi connectivity index (χ2v) is 11.8. The van der Waals surface area contributed by atoms with Gasteiger partial charge in [0.15, 0.2) is 0 Å². The maximum absolute atomic E-state index is 13.9. The third-order valence-corrected chi connectivity index (χ3v) is 8.57. The van der Waals surface area contributed by atoms with Crippen molar-refractivity contribution in [3.8, 4) is 0 Å². The fourth-order valence-corrected chi connectivity index (χ4v) is 5.67. The molecule has 0 bridgehead atoms. The Bertz CT molecular complexity index is 1850. The minimum absolute atomic E-state index is 0.0264. The van der Waals surface area contributed by atoms with Gasteiger partial charge in [0.2, 0.25) is 17.7 Å². The molecule has 0 fully saturated rings. The number of fused-ring (bicyclic) bond motifs is 2. The van der Waals surface area contributed by atoms with Gasteiger partial charge in [-0.15, -0.1) is 0 Å². The van der Waals surface area contributed by atoms with E-state index in [2.05, 4.69) is 35.9 Å². The van der Waals surface area contributed by atoms with Crippen LogP contribution < -0.4 is 21.7 Å². The number of carbonyl (C=O) groups is 4. The second-order valence-electron chi connectivity index (χ2n) is 11.8. The van der Waals surface area contributed by atoms with E-state index in [1.807, 2.05) is 62.4 Å². The number of imidazole rings is 1. The smallest absolute Gasteiger partial charge is 0.326 e. The van der Waals surface area contributed by atoms with Crippen LogP contribution in [0, 0.1) is 5.92 Å². The van der Waals surface area contributed by atoms with Gasteiger partial charge in [0.1, 0.15) is 18.1 Å². The quantitative estimate of drug-likeness (QED) is 0.0855. The fraction of sp³-hybridized carbons (Fsp3) is 0.324. The van der Waals surface area contributed by atoms with Crippen molar-refractivity contribution in [1.29, 1.82) is 0 Å². The van der Waals surface area contributed by atoms with E-state index in [1.54, 1.807) is 18.6 Å². The van der Waals surface area contributed by atoms with Crippen molar-refractivity contribution < 1.29 is 24.3 Å². The molecule has 13 nitrogen and oxygen atoms in total. The van der Waals surface area contributed by atoms with Crippen LogP contribution in [0.15, 0.2) is 73.4 Å². The first-order valence-electron chi connectivity index (χ1n) is 15.6. The van der Waals surface area contributed by atoms with Crippen LogP contribution in [-0.4, -0.2) is 72.9 Å². The first kappa shape index (κ1) is 32.9. The number of nitrogens with two attached hydrogens (primary N) is 1. The van der Waals surface area contributed by atoms with E-state index in [4.69, 9.17) is 5.73 Å². The maximum atomic E-state index is 13.9. The molecule has 9 N–H and O–H groups in total. The molecule has 13 heteroatoms. The molecule has 0 aliphatic rings. The number of amides is 3. The van der Waals surface area contributed by atoms with E-state index in [1.165, 1.54) is 6.33 Å². The summed E-state index contributed by atoms with van der Waals surface area (Å²) in [4.78, 5) is 66.4. The molecule has 5 unspecified atom stereocenters. The Morgan fingerprint density at radius 2 is 1.36 bits per heavy atom. The average Bonchev–Trinajstić information content (AvgIpc) is 3.83. The van der Waals surface area contributed by atoms with Crippen LogP contribution in [0.25, 0.3) is 21.8 Å². The number of carboxylic acid groups (broad SMARTS) is 1. The number of hydrogen-bond acceptors (Lipinski definition) is 6. The molecule has 0 saturated carbocycles. The largest absolute Gasteiger partial charge is 0.480 e. The summed E-state index contributed by atoms with van der Waals surface area (Å²) in [6.45, 7) is 3.71. The summed E-state index contributed by atoms with van der Waals surface area (Å²) >= 11 is 0. The molecular weight excluding hydrogens is 600 g/mol. The van der Waals surface area contributed by atoms with Gasteiger partial charge in [-0.2, -0.15) is 0 Å². The summed E-state index contributed by atoms with van der Waals surface area (Å²) in [7, 11) is 0. The van der Waals surface area contributed by atoms with Crippen molar-refractivity contribution in [3.63, 3.8) is 0 Å². The Morgan fingerprint density at radius 1 is 0.787 bits per heavy atom. The van der Waals surface area contributed by atoms with Gasteiger partial charge < -0.3 is 41.7 Å². The normalized spacial score (nSPS) is 14.6. The molecule has 246 valence electrons. The fourth-order valence-electron chi connectivity index (χ4n) is 5.67. The number of nitrogens with one attached hydrogen (secondary N) is 6. The molecule has 5 atom stereocenters. The van der Waals surface area contributed by atoms with Crippen LogP contribution >= 0.6 is 0 Å². The van der Waals surface area contributed by atoms with Crippen LogP contribution in [-0.2, 0) is 38.4 Å². The van der Waals surface area contributed by atoms with Crippen molar-refractivity contribution in [2.75, 3.05) is 0 Å². The first-order valence-corrected chi connectivity index (χ1v) is 15.6. The SMILES string of the molecule is CCC(C)C(NC(=O)C(N)Cc1cnc[nH]1)C(=O)NC(Cc1c[nH]c2ccccc12)C(=O)NC(Cc1c[nH]c2ccccc12)C(=O)O. The van der Waals surface area contributed by atoms with Gasteiger partial charge >= 0.3 is 5.97 Å².